The van der Waals surface area contributed by atoms with Gasteiger partial charge in [-0.2, -0.15) is 0 Å². The molecule has 3 heteroatoms. The van der Waals surface area contributed by atoms with Crippen LogP contribution in [0.15, 0.2) is 83.3 Å². The van der Waals surface area contributed by atoms with E-state index in [1.807, 2.05) is 6.07 Å². The Morgan fingerprint density at radius 1 is 0.733 bits per heavy atom. The van der Waals surface area contributed by atoms with E-state index in [4.69, 9.17) is 14.4 Å². The molecular formula is C27H20N2O. The van der Waals surface area contributed by atoms with E-state index in [0.29, 0.717) is 0 Å². The third kappa shape index (κ3) is 2.52. The molecule has 0 aliphatic rings. The fourth-order valence-electron chi connectivity index (χ4n) is 4.22. The zero-order valence-corrected chi connectivity index (χ0v) is 16.9. The molecule has 0 saturated heterocycles. The molecule has 3 nitrogen and oxygen atoms in total. The molecule has 2 heterocycles. The fraction of sp³-hybridized carbons (Fsp3) is 0.111. The highest BCUT2D eigenvalue weighted by atomic mass is 16.3. The zero-order chi connectivity index (χ0) is 20.2. The first-order chi connectivity index (χ1) is 14.7. The lowest BCUT2D eigenvalue weighted by Gasteiger charge is -2.09. The van der Waals surface area contributed by atoms with E-state index in [-0.39, 0.29) is 5.92 Å². The molecule has 0 aliphatic heterocycles. The number of hydrogen-bond acceptors (Lipinski definition) is 3. The van der Waals surface area contributed by atoms with E-state index < -0.39 is 0 Å². The largest absolute Gasteiger partial charge is 0.452 e. The minimum Gasteiger partial charge on any atom is -0.452 e. The maximum Gasteiger partial charge on any atom is 0.180 e. The summed E-state index contributed by atoms with van der Waals surface area (Å²) >= 11 is 0. The van der Waals surface area contributed by atoms with Gasteiger partial charge in [0.25, 0.3) is 0 Å². The third-order valence-corrected chi connectivity index (χ3v) is 5.76. The Labute approximate surface area is 174 Å². The van der Waals surface area contributed by atoms with Crippen LogP contribution in [-0.2, 0) is 0 Å². The third-order valence-electron chi connectivity index (χ3n) is 5.76. The summed E-state index contributed by atoms with van der Waals surface area (Å²) in [5.41, 5.74) is 4.40. The molecule has 0 N–H and O–H groups in total. The molecule has 30 heavy (non-hydrogen) atoms. The molecular weight excluding hydrogens is 368 g/mol. The topological polar surface area (TPSA) is 38.9 Å². The second-order valence-electron chi connectivity index (χ2n) is 8.09. The number of benzene rings is 4. The second kappa shape index (κ2) is 6.39. The van der Waals surface area contributed by atoms with Crippen molar-refractivity contribution in [3.05, 3.63) is 84.7 Å². The van der Waals surface area contributed by atoms with Gasteiger partial charge in [0, 0.05) is 11.5 Å². The molecule has 4 aromatic carbocycles. The highest BCUT2D eigenvalue weighted by molar-refractivity contribution is 6.19. The number of fused-ring (bicyclic) bond motifs is 6. The summed E-state index contributed by atoms with van der Waals surface area (Å²) in [6.07, 6.45) is 0. The molecule has 6 rings (SSSR count). The molecule has 6 aromatic rings. The van der Waals surface area contributed by atoms with Crippen LogP contribution in [0.3, 0.4) is 0 Å². The van der Waals surface area contributed by atoms with E-state index >= 15 is 0 Å². The number of aromatic nitrogens is 2. The van der Waals surface area contributed by atoms with Crippen LogP contribution in [0.2, 0.25) is 0 Å². The summed E-state index contributed by atoms with van der Waals surface area (Å²) in [5, 5.41) is 5.81. The van der Waals surface area contributed by atoms with Crippen LogP contribution in [0.4, 0.5) is 0 Å². The molecule has 0 spiro atoms. The molecule has 0 atom stereocenters. The molecule has 0 bridgehead atoms. The minimum absolute atomic E-state index is 0.216. The van der Waals surface area contributed by atoms with E-state index in [9.17, 15) is 0 Å². The van der Waals surface area contributed by atoms with Gasteiger partial charge in [-0.05, 0) is 33.7 Å². The van der Waals surface area contributed by atoms with Crippen LogP contribution in [-0.4, -0.2) is 9.97 Å². The molecule has 0 fully saturated rings. The lowest BCUT2D eigenvalue weighted by atomic mass is 10.0. The number of hydrogen-bond donors (Lipinski definition) is 0. The summed E-state index contributed by atoms with van der Waals surface area (Å²) in [7, 11) is 0. The van der Waals surface area contributed by atoms with Gasteiger partial charge in [-0.1, -0.05) is 80.6 Å². The van der Waals surface area contributed by atoms with Gasteiger partial charge < -0.3 is 4.42 Å². The van der Waals surface area contributed by atoms with Gasteiger partial charge >= 0.3 is 0 Å². The SMILES string of the molecule is CC(C)c1nc(-c2ccc3ccccc3c2)c2oc3ccc4ccccc4c3c2n1. The van der Waals surface area contributed by atoms with Crippen LogP contribution in [0.1, 0.15) is 25.6 Å². The minimum atomic E-state index is 0.216. The second-order valence-corrected chi connectivity index (χ2v) is 8.09. The first-order valence-corrected chi connectivity index (χ1v) is 10.3. The van der Waals surface area contributed by atoms with Crippen molar-refractivity contribution >= 4 is 43.6 Å². The highest BCUT2D eigenvalue weighted by Gasteiger charge is 2.20. The lowest BCUT2D eigenvalue weighted by Crippen LogP contribution is -1.99. The van der Waals surface area contributed by atoms with Crippen molar-refractivity contribution in [1.82, 2.24) is 9.97 Å². The molecule has 0 aliphatic carbocycles. The normalized spacial score (nSPS) is 12.0. The van der Waals surface area contributed by atoms with Crippen molar-refractivity contribution in [3.63, 3.8) is 0 Å². The Bertz CT molecular complexity index is 1580. The average Bonchev–Trinajstić information content (AvgIpc) is 3.17. The van der Waals surface area contributed by atoms with Crippen LogP contribution < -0.4 is 0 Å². The average molecular weight is 388 g/mol. The van der Waals surface area contributed by atoms with Crippen LogP contribution >= 0.6 is 0 Å². The molecule has 0 unspecified atom stereocenters. The maximum atomic E-state index is 6.37. The Morgan fingerprint density at radius 2 is 1.47 bits per heavy atom. The predicted molar refractivity (Wildman–Crippen MR) is 124 cm³/mol. The van der Waals surface area contributed by atoms with E-state index in [0.717, 1.165) is 44.5 Å². The molecule has 0 saturated carbocycles. The first-order valence-electron chi connectivity index (χ1n) is 10.3. The summed E-state index contributed by atoms with van der Waals surface area (Å²) in [6, 6.07) is 27.4. The smallest absolute Gasteiger partial charge is 0.180 e. The predicted octanol–water partition coefficient (Wildman–Crippen LogP) is 7.47. The first kappa shape index (κ1) is 17.2. The van der Waals surface area contributed by atoms with Crippen molar-refractivity contribution in [2.45, 2.75) is 19.8 Å². The highest BCUT2D eigenvalue weighted by Crippen LogP contribution is 2.38. The lowest BCUT2D eigenvalue weighted by molar-refractivity contribution is 0.664. The quantitative estimate of drug-likeness (QED) is 0.309. The van der Waals surface area contributed by atoms with Crippen molar-refractivity contribution in [2.24, 2.45) is 0 Å². The maximum absolute atomic E-state index is 6.37. The summed E-state index contributed by atoms with van der Waals surface area (Å²) in [5.74, 6) is 1.05. The van der Waals surface area contributed by atoms with Crippen molar-refractivity contribution in [2.75, 3.05) is 0 Å². The van der Waals surface area contributed by atoms with Crippen LogP contribution in [0, 0.1) is 0 Å². The van der Waals surface area contributed by atoms with Gasteiger partial charge in [0.05, 0.1) is 5.39 Å². The summed E-state index contributed by atoms with van der Waals surface area (Å²) in [6.45, 7) is 4.26. The van der Waals surface area contributed by atoms with E-state index in [2.05, 4.69) is 86.6 Å². The molecule has 0 amide bonds. The van der Waals surface area contributed by atoms with Gasteiger partial charge in [-0.25, -0.2) is 9.97 Å². The number of furan rings is 1. The monoisotopic (exact) mass is 388 g/mol. The van der Waals surface area contributed by atoms with Gasteiger partial charge in [-0.15, -0.1) is 0 Å². The Balaban J connectivity index is 1.75. The van der Waals surface area contributed by atoms with Gasteiger partial charge in [-0.3, -0.25) is 0 Å². The van der Waals surface area contributed by atoms with E-state index in [1.54, 1.807) is 0 Å². The standard InChI is InChI=1S/C27H20N2O/c1-16(2)27-28-24(20-12-11-17-7-3-4-9-19(17)15-20)26-25(29-27)23-21-10-6-5-8-18(21)13-14-22(23)30-26/h3-16H,1-2H3. The molecule has 0 radical (unpaired) electrons. The summed E-state index contributed by atoms with van der Waals surface area (Å²) < 4.78 is 6.37. The van der Waals surface area contributed by atoms with Crippen LogP contribution in [0.25, 0.3) is 54.9 Å². The van der Waals surface area contributed by atoms with Gasteiger partial charge in [0.15, 0.2) is 5.58 Å². The van der Waals surface area contributed by atoms with Crippen molar-refractivity contribution in [3.8, 4) is 11.3 Å². The fourth-order valence-corrected chi connectivity index (χ4v) is 4.22. The Morgan fingerprint density at radius 3 is 2.30 bits per heavy atom. The van der Waals surface area contributed by atoms with E-state index in [1.165, 1.54) is 16.2 Å². The van der Waals surface area contributed by atoms with Crippen molar-refractivity contribution in [1.29, 1.82) is 0 Å². The summed E-state index contributed by atoms with van der Waals surface area (Å²) in [4.78, 5) is 9.90. The number of rotatable bonds is 2. The number of nitrogens with zero attached hydrogens (tertiary/aromatic N) is 2. The Hall–Kier alpha value is -3.72. The van der Waals surface area contributed by atoms with Gasteiger partial charge in [0.2, 0.25) is 0 Å². The molecule has 2 aromatic heterocycles. The van der Waals surface area contributed by atoms with Gasteiger partial charge in [0.1, 0.15) is 22.6 Å². The zero-order valence-electron chi connectivity index (χ0n) is 16.9. The van der Waals surface area contributed by atoms with Crippen LogP contribution in [0.5, 0.6) is 0 Å². The van der Waals surface area contributed by atoms with Crippen molar-refractivity contribution < 1.29 is 4.42 Å². The Kier molecular flexibility index (Phi) is 3.66. The molecule has 144 valence electrons.